The first-order valence-electron chi connectivity index (χ1n) is 7.25. The Kier molecular flexibility index (Phi) is 6.61. The first kappa shape index (κ1) is 18.2. The highest BCUT2D eigenvalue weighted by Crippen LogP contribution is 2.35. The summed E-state index contributed by atoms with van der Waals surface area (Å²) < 4.78 is 10.2. The van der Waals surface area contributed by atoms with E-state index in [1.165, 1.54) is 14.2 Å². The number of ether oxygens (including phenoxy) is 2. The summed E-state index contributed by atoms with van der Waals surface area (Å²) in [5, 5.41) is 19.1. The van der Waals surface area contributed by atoms with Crippen LogP contribution < -0.4 is 0 Å². The third-order valence-electron chi connectivity index (χ3n) is 4.07. The van der Waals surface area contributed by atoms with Gasteiger partial charge in [-0.05, 0) is 19.8 Å². The van der Waals surface area contributed by atoms with Gasteiger partial charge in [-0.15, -0.1) is 0 Å². The Labute approximate surface area is 130 Å². The summed E-state index contributed by atoms with van der Waals surface area (Å²) in [6, 6.07) is 0. The van der Waals surface area contributed by atoms with Crippen molar-refractivity contribution in [3.63, 3.8) is 0 Å². The highest BCUT2D eigenvalue weighted by atomic mass is 16.5. The number of carboxylic acids is 1. The molecule has 3 atom stereocenters. The SMILES string of the molecule is COC1=C(OC)C(O)C(C/C=C(\C)CCC(=O)O)C(C)C1=O. The monoisotopic (exact) mass is 312 g/mol. The lowest BCUT2D eigenvalue weighted by atomic mass is 9.77. The van der Waals surface area contributed by atoms with Crippen LogP contribution in [0.3, 0.4) is 0 Å². The molecule has 0 amide bonds. The Morgan fingerprint density at radius 1 is 1.27 bits per heavy atom. The number of aliphatic hydroxyl groups is 1. The van der Waals surface area contributed by atoms with E-state index in [1.807, 2.05) is 13.0 Å². The molecule has 0 saturated carbocycles. The molecule has 0 saturated heterocycles. The number of hydrogen-bond acceptors (Lipinski definition) is 5. The van der Waals surface area contributed by atoms with Gasteiger partial charge < -0.3 is 19.7 Å². The van der Waals surface area contributed by atoms with Crippen LogP contribution in [0.25, 0.3) is 0 Å². The first-order valence-corrected chi connectivity index (χ1v) is 7.25. The van der Waals surface area contributed by atoms with Gasteiger partial charge >= 0.3 is 5.97 Å². The Bertz CT molecular complexity index is 491. The molecule has 0 aromatic heterocycles. The molecule has 1 aliphatic carbocycles. The van der Waals surface area contributed by atoms with E-state index in [0.717, 1.165) is 5.57 Å². The zero-order valence-corrected chi connectivity index (χ0v) is 13.5. The van der Waals surface area contributed by atoms with Crippen molar-refractivity contribution in [2.75, 3.05) is 14.2 Å². The minimum absolute atomic E-state index is 0.0705. The molecule has 0 aliphatic heterocycles. The van der Waals surface area contributed by atoms with Crippen LogP contribution >= 0.6 is 0 Å². The Hall–Kier alpha value is -1.82. The molecule has 6 nitrogen and oxygen atoms in total. The van der Waals surface area contributed by atoms with E-state index in [4.69, 9.17) is 14.6 Å². The quantitative estimate of drug-likeness (QED) is 0.697. The van der Waals surface area contributed by atoms with Crippen LogP contribution in [0.2, 0.25) is 0 Å². The molecule has 0 spiro atoms. The molecular formula is C16H24O6. The fourth-order valence-corrected chi connectivity index (χ4v) is 2.62. The maximum absolute atomic E-state index is 12.3. The van der Waals surface area contributed by atoms with Gasteiger partial charge in [-0.1, -0.05) is 18.6 Å². The third kappa shape index (κ3) is 4.10. The summed E-state index contributed by atoms with van der Waals surface area (Å²) in [7, 11) is 2.77. The van der Waals surface area contributed by atoms with E-state index >= 15 is 0 Å². The number of carbonyl (C=O) groups excluding carboxylic acids is 1. The molecule has 22 heavy (non-hydrogen) atoms. The van der Waals surface area contributed by atoms with E-state index < -0.39 is 18.0 Å². The van der Waals surface area contributed by atoms with Crippen LogP contribution in [-0.4, -0.2) is 42.3 Å². The molecule has 0 heterocycles. The predicted octanol–water partition coefficient (Wildman–Crippen LogP) is 1.89. The van der Waals surface area contributed by atoms with Crippen LogP contribution in [0.15, 0.2) is 23.2 Å². The number of Topliss-reactive ketones (excluding diaryl/α,β-unsaturated/α-hetero) is 1. The maximum Gasteiger partial charge on any atom is 0.303 e. The highest BCUT2D eigenvalue weighted by Gasteiger charge is 2.42. The van der Waals surface area contributed by atoms with Gasteiger partial charge in [0.2, 0.25) is 11.5 Å². The summed E-state index contributed by atoms with van der Waals surface area (Å²) >= 11 is 0. The van der Waals surface area contributed by atoms with Gasteiger partial charge in [0.1, 0.15) is 6.10 Å². The number of methoxy groups -OCH3 is 2. The molecule has 0 radical (unpaired) electrons. The number of aliphatic hydroxyl groups excluding tert-OH is 1. The topological polar surface area (TPSA) is 93.1 Å². The predicted molar refractivity (Wildman–Crippen MR) is 80.0 cm³/mol. The largest absolute Gasteiger partial charge is 0.494 e. The molecule has 0 fully saturated rings. The van der Waals surface area contributed by atoms with Crippen molar-refractivity contribution < 1.29 is 29.3 Å². The van der Waals surface area contributed by atoms with Gasteiger partial charge in [0, 0.05) is 18.3 Å². The van der Waals surface area contributed by atoms with Gasteiger partial charge in [-0.3, -0.25) is 9.59 Å². The zero-order valence-electron chi connectivity index (χ0n) is 13.5. The number of carboxylic acid groups (broad SMARTS) is 1. The van der Waals surface area contributed by atoms with Crippen LogP contribution in [0.1, 0.15) is 33.1 Å². The number of allylic oxidation sites excluding steroid dienone is 3. The molecule has 0 aromatic carbocycles. The minimum atomic E-state index is -0.920. The van der Waals surface area contributed by atoms with E-state index in [-0.39, 0.29) is 29.6 Å². The van der Waals surface area contributed by atoms with Crippen molar-refractivity contribution in [3.05, 3.63) is 23.2 Å². The van der Waals surface area contributed by atoms with Crippen molar-refractivity contribution in [2.45, 2.75) is 39.2 Å². The van der Waals surface area contributed by atoms with Crippen LogP contribution in [-0.2, 0) is 19.1 Å². The third-order valence-corrected chi connectivity index (χ3v) is 4.07. The van der Waals surface area contributed by atoms with Gasteiger partial charge in [0.25, 0.3) is 0 Å². The van der Waals surface area contributed by atoms with Gasteiger partial charge in [-0.2, -0.15) is 0 Å². The zero-order chi connectivity index (χ0) is 16.9. The van der Waals surface area contributed by atoms with Gasteiger partial charge in [0.05, 0.1) is 14.2 Å². The number of aliphatic carboxylic acids is 1. The molecule has 0 bridgehead atoms. The van der Waals surface area contributed by atoms with Crippen LogP contribution in [0.5, 0.6) is 0 Å². The van der Waals surface area contributed by atoms with E-state index in [2.05, 4.69) is 0 Å². The minimum Gasteiger partial charge on any atom is -0.494 e. The standard InChI is InChI=1S/C16H24O6/c1-9(6-8-12(17)18)5-7-11-10(2)13(19)15(21-3)16(22-4)14(11)20/h5,10-11,14,20H,6-8H2,1-4H3,(H,17,18)/b9-5+. The summed E-state index contributed by atoms with van der Waals surface area (Å²) in [5.41, 5.74) is 0.926. The number of hydrogen-bond donors (Lipinski definition) is 2. The molecular weight excluding hydrogens is 288 g/mol. The Morgan fingerprint density at radius 3 is 2.41 bits per heavy atom. The lowest BCUT2D eigenvalue weighted by molar-refractivity contribution is -0.137. The average molecular weight is 312 g/mol. The van der Waals surface area contributed by atoms with Crippen LogP contribution in [0, 0.1) is 11.8 Å². The average Bonchev–Trinajstić information content (AvgIpc) is 2.48. The van der Waals surface area contributed by atoms with E-state index in [1.54, 1.807) is 6.92 Å². The molecule has 124 valence electrons. The summed E-state index contributed by atoms with van der Waals surface area (Å²) in [6.45, 7) is 3.60. The van der Waals surface area contributed by atoms with E-state index in [9.17, 15) is 14.7 Å². The summed E-state index contributed by atoms with van der Waals surface area (Å²) in [6.07, 6.45) is 1.96. The second-order valence-corrected chi connectivity index (χ2v) is 5.54. The molecule has 6 heteroatoms. The first-order chi connectivity index (χ1) is 10.3. The second-order valence-electron chi connectivity index (χ2n) is 5.54. The number of ketones is 1. The lowest BCUT2D eigenvalue weighted by Crippen LogP contribution is -2.40. The summed E-state index contributed by atoms with van der Waals surface area (Å²) in [5.74, 6) is -1.51. The summed E-state index contributed by atoms with van der Waals surface area (Å²) in [4.78, 5) is 22.8. The van der Waals surface area contributed by atoms with Crippen molar-refractivity contribution in [3.8, 4) is 0 Å². The van der Waals surface area contributed by atoms with E-state index in [0.29, 0.717) is 12.8 Å². The smallest absolute Gasteiger partial charge is 0.303 e. The Balaban J connectivity index is 2.87. The van der Waals surface area contributed by atoms with Gasteiger partial charge in [-0.25, -0.2) is 0 Å². The normalized spacial score (nSPS) is 26.1. The molecule has 2 N–H and O–H groups in total. The molecule has 1 aliphatic rings. The highest BCUT2D eigenvalue weighted by molar-refractivity contribution is 5.97. The van der Waals surface area contributed by atoms with Crippen molar-refractivity contribution in [1.29, 1.82) is 0 Å². The van der Waals surface area contributed by atoms with Crippen LogP contribution in [0.4, 0.5) is 0 Å². The molecule has 3 unspecified atom stereocenters. The number of rotatable bonds is 7. The van der Waals surface area contributed by atoms with Crippen molar-refractivity contribution >= 4 is 11.8 Å². The fourth-order valence-electron chi connectivity index (χ4n) is 2.62. The van der Waals surface area contributed by atoms with Gasteiger partial charge in [0.15, 0.2) is 5.76 Å². The van der Waals surface area contributed by atoms with Crippen molar-refractivity contribution in [1.82, 2.24) is 0 Å². The lowest BCUT2D eigenvalue weighted by Gasteiger charge is -2.33. The Morgan fingerprint density at radius 2 is 1.91 bits per heavy atom. The fraction of sp³-hybridized carbons (Fsp3) is 0.625. The number of carbonyl (C=O) groups is 2. The second kappa shape index (κ2) is 7.98. The molecule has 0 aromatic rings. The van der Waals surface area contributed by atoms with Crippen molar-refractivity contribution in [2.24, 2.45) is 11.8 Å². The maximum atomic E-state index is 12.3. The molecule has 1 rings (SSSR count).